The Labute approximate surface area is 166 Å². The summed E-state index contributed by atoms with van der Waals surface area (Å²) in [6, 6.07) is 8.72. The molecule has 6 nitrogen and oxygen atoms in total. The van der Waals surface area contributed by atoms with Crippen LogP contribution in [0.25, 0.3) is 21.1 Å². The number of H-pyrrole nitrogens is 1. The van der Waals surface area contributed by atoms with Crippen molar-refractivity contribution in [1.29, 1.82) is 0 Å². The second kappa shape index (κ2) is 7.24. The number of carbonyl (C=O) groups excluding carboxylic acids is 1. The predicted octanol–water partition coefficient (Wildman–Crippen LogP) is 3.80. The molecule has 7 heteroatoms. The van der Waals surface area contributed by atoms with E-state index in [-0.39, 0.29) is 11.5 Å². The smallest absolute Gasteiger partial charge is 0.261 e. The highest BCUT2D eigenvalue weighted by atomic mass is 32.1. The second-order valence-corrected chi connectivity index (χ2v) is 8.15. The number of hydrogen-bond acceptors (Lipinski definition) is 4. The summed E-state index contributed by atoms with van der Waals surface area (Å²) in [5, 5.41) is 4.71. The highest BCUT2D eigenvalue weighted by Crippen LogP contribution is 2.27. The summed E-state index contributed by atoms with van der Waals surface area (Å²) in [6.07, 6.45) is 4.29. The highest BCUT2D eigenvalue weighted by Gasteiger charge is 2.18. The van der Waals surface area contributed by atoms with Crippen molar-refractivity contribution < 1.29 is 4.79 Å². The molecule has 28 heavy (non-hydrogen) atoms. The number of aryl methyl sites for hydroxylation is 1. The maximum atomic E-state index is 12.7. The Hall–Kier alpha value is -2.93. The van der Waals surface area contributed by atoms with Gasteiger partial charge in [-0.25, -0.2) is 4.98 Å². The second-order valence-electron chi connectivity index (χ2n) is 7.15. The Kier molecular flexibility index (Phi) is 4.77. The predicted molar refractivity (Wildman–Crippen MR) is 113 cm³/mol. The molecule has 4 aromatic rings. The van der Waals surface area contributed by atoms with Gasteiger partial charge in [-0.1, -0.05) is 18.2 Å². The number of thiophene rings is 1. The van der Waals surface area contributed by atoms with E-state index in [2.05, 4.69) is 52.0 Å². The van der Waals surface area contributed by atoms with Crippen LogP contribution in [0.2, 0.25) is 0 Å². The number of nitrogens with zero attached hydrogens (tertiary/aromatic N) is 2. The van der Waals surface area contributed by atoms with Crippen molar-refractivity contribution in [3.63, 3.8) is 0 Å². The molecule has 4 rings (SSSR count). The van der Waals surface area contributed by atoms with Gasteiger partial charge < -0.3 is 14.9 Å². The number of rotatable bonds is 5. The molecule has 0 saturated heterocycles. The van der Waals surface area contributed by atoms with Crippen LogP contribution in [0.3, 0.4) is 0 Å². The van der Waals surface area contributed by atoms with Gasteiger partial charge in [-0.2, -0.15) is 0 Å². The fraction of sp³-hybridized carbons (Fsp3) is 0.286. The molecule has 0 spiro atoms. The van der Waals surface area contributed by atoms with Gasteiger partial charge in [0.05, 0.1) is 16.6 Å². The van der Waals surface area contributed by atoms with Crippen molar-refractivity contribution in [3.05, 3.63) is 63.1 Å². The highest BCUT2D eigenvalue weighted by molar-refractivity contribution is 7.20. The Balaban J connectivity index is 1.53. The van der Waals surface area contributed by atoms with Crippen LogP contribution in [0.5, 0.6) is 0 Å². The van der Waals surface area contributed by atoms with E-state index < -0.39 is 0 Å². The molecule has 0 bridgehead atoms. The Morgan fingerprint density at radius 2 is 2.11 bits per heavy atom. The van der Waals surface area contributed by atoms with Crippen LogP contribution < -0.4 is 10.9 Å². The number of aromatic nitrogens is 3. The molecule has 0 radical (unpaired) electrons. The zero-order valence-electron chi connectivity index (χ0n) is 16.1. The Morgan fingerprint density at radius 1 is 1.32 bits per heavy atom. The maximum absolute atomic E-state index is 12.7. The molecular formula is C21H22N4O2S. The fourth-order valence-corrected chi connectivity index (χ4v) is 4.66. The number of aromatic amines is 1. The third-order valence-corrected chi connectivity index (χ3v) is 6.20. The van der Waals surface area contributed by atoms with Gasteiger partial charge in [0.25, 0.3) is 11.5 Å². The van der Waals surface area contributed by atoms with E-state index >= 15 is 0 Å². The largest absolute Gasteiger partial charge is 0.351 e. The van der Waals surface area contributed by atoms with Gasteiger partial charge in [-0.3, -0.25) is 9.59 Å². The average Bonchev–Trinajstić information content (AvgIpc) is 3.21. The molecule has 0 unspecified atom stereocenters. The number of fused-ring (bicyclic) bond motifs is 2. The van der Waals surface area contributed by atoms with Crippen LogP contribution in [0.1, 0.15) is 40.7 Å². The lowest BCUT2D eigenvalue weighted by atomic mass is 10.1. The van der Waals surface area contributed by atoms with Crippen molar-refractivity contribution in [1.82, 2.24) is 19.9 Å². The zero-order valence-corrected chi connectivity index (χ0v) is 16.9. The topological polar surface area (TPSA) is 79.8 Å². The van der Waals surface area contributed by atoms with E-state index in [1.165, 1.54) is 34.1 Å². The summed E-state index contributed by atoms with van der Waals surface area (Å²) < 4.78 is 2.26. The van der Waals surface area contributed by atoms with Crippen LogP contribution in [0.15, 0.2) is 41.6 Å². The third-order valence-electron chi connectivity index (χ3n) is 5.00. The molecule has 0 saturated carbocycles. The van der Waals surface area contributed by atoms with Crippen molar-refractivity contribution in [2.24, 2.45) is 0 Å². The van der Waals surface area contributed by atoms with Crippen LogP contribution in [0, 0.1) is 6.92 Å². The van der Waals surface area contributed by atoms with Gasteiger partial charge in [-0.05, 0) is 44.4 Å². The van der Waals surface area contributed by atoms with Gasteiger partial charge in [-0.15, -0.1) is 11.3 Å². The maximum Gasteiger partial charge on any atom is 0.261 e. The monoisotopic (exact) mass is 394 g/mol. The number of carbonyl (C=O) groups is 1. The molecule has 3 heterocycles. The number of amides is 1. The molecule has 2 N–H and O–H groups in total. The van der Waals surface area contributed by atoms with Crippen LogP contribution in [-0.2, 0) is 6.42 Å². The molecular weight excluding hydrogens is 372 g/mol. The average molecular weight is 395 g/mol. The Bertz CT molecular complexity index is 1230. The van der Waals surface area contributed by atoms with Gasteiger partial charge in [0.2, 0.25) is 0 Å². The molecule has 3 aromatic heterocycles. The molecule has 0 fully saturated rings. The summed E-state index contributed by atoms with van der Waals surface area (Å²) in [5.74, 6) is -0.160. The normalized spacial score (nSPS) is 11.6. The lowest BCUT2D eigenvalue weighted by molar-refractivity contribution is 0.0957. The van der Waals surface area contributed by atoms with Crippen LogP contribution in [-0.4, -0.2) is 27.0 Å². The van der Waals surface area contributed by atoms with E-state index in [0.29, 0.717) is 33.2 Å². The lowest BCUT2D eigenvalue weighted by Gasteiger charge is -2.08. The first kappa shape index (κ1) is 18.4. The molecule has 1 amide bonds. The Morgan fingerprint density at radius 3 is 2.86 bits per heavy atom. The number of para-hydroxylation sites is 1. The number of nitrogens with one attached hydrogen (secondary N) is 2. The van der Waals surface area contributed by atoms with Gasteiger partial charge in [0.15, 0.2) is 0 Å². The van der Waals surface area contributed by atoms with E-state index in [1.54, 1.807) is 6.92 Å². The van der Waals surface area contributed by atoms with E-state index in [1.807, 2.05) is 12.1 Å². The fourth-order valence-electron chi connectivity index (χ4n) is 3.59. The summed E-state index contributed by atoms with van der Waals surface area (Å²) in [7, 11) is 0. The van der Waals surface area contributed by atoms with E-state index in [9.17, 15) is 9.59 Å². The van der Waals surface area contributed by atoms with E-state index in [0.717, 1.165) is 6.42 Å². The number of benzene rings is 1. The SMILES string of the molecule is Cc1c(C(=O)NCCc2cn(C(C)C)c3ccccc23)sc2nc[nH]c(=O)c12. The van der Waals surface area contributed by atoms with Crippen LogP contribution in [0.4, 0.5) is 0 Å². The zero-order chi connectivity index (χ0) is 19.8. The van der Waals surface area contributed by atoms with E-state index in [4.69, 9.17) is 0 Å². The van der Waals surface area contributed by atoms with Crippen molar-refractivity contribution >= 4 is 38.4 Å². The third kappa shape index (κ3) is 3.11. The molecule has 1 aromatic carbocycles. The minimum Gasteiger partial charge on any atom is -0.351 e. The summed E-state index contributed by atoms with van der Waals surface area (Å²) >= 11 is 1.26. The van der Waals surface area contributed by atoms with Gasteiger partial charge in [0.1, 0.15) is 4.83 Å². The first-order chi connectivity index (χ1) is 13.5. The lowest BCUT2D eigenvalue weighted by Crippen LogP contribution is -2.25. The first-order valence-electron chi connectivity index (χ1n) is 9.30. The number of hydrogen-bond donors (Lipinski definition) is 2. The minimum absolute atomic E-state index is 0.160. The summed E-state index contributed by atoms with van der Waals surface area (Å²) in [4.78, 5) is 32.5. The van der Waals surface area contributed by atoms with Gasteiger partial charge in [0, 0.05) is 29.7 Å². The van der Waals surface area contributed by atoms with Crippen molar-refractivity contribution in [3.8, 4) is 0 Å². The van der Waals surface area contributed by atoms with Crippen LogP contribution >= 0.6 is 11.3 Å². The molecule has 0 aliphatic heterocycles. The molecule has 0 aliphatic rings. The van der Waals surface area contributed by atoms with Gasteiger partial charge >= 0.3 is 0 Å². The quantitative estimate of drug-likeness (QED) is 0.540. The first-order valence-corrected chi connectivity index (χ1v) is 10.1. The summed E-state index contributed by atoms with van der Waals surface area (Å²) in [5.41, 5.74) is 2.91. The van der Waals surface area contributed by atoms with Crippen molar-refractivity contribution in [2.45, 2.75) is 33.2 Å². The summed E-state index contributed by atoms with van der Waals surface area (Å²) in [6.45, 7) is 6.65. The molecule has 144 valence electrons. The molecule has 0 aliphatic carbocycles. The molecule has 0 atom stereocenters. The standard InChI is InChI=1S/C21H22N4O2S/c1-12(2)25-10-14(15-6-4-5-7-16(15)25)8-9-22-20(27)18-13(3)17-19(26)23-11-24-21(17)28-18/h4-7,10-12H,8-9H2,1-3H3,(H,22,27)(H,23,24,26). The minimum atomic E-state index is -0.209. The van der Waals surface area contributed by atoms with Crippen molar-refractivity contribution in [2.75, 3.05) is 6.54 Å².